The molecule has 1 atom stereocenters. The van der Waals surface area contributed by atoms with Crippen LogP contribution >= 0.6 is 0 Å². The monoisotopic (exact) mass is 325 g/mol. The molecule has 2 aliphatic rings. The largest absolute Gasteiger partial charge is 0.378 e. The maximum Gasteiger partial charge on any atom is 0.233 e. The number of hydrogen-bond donors (Lipinski definition) is 0. The summed E-state index contributed by atoms with van der Waals surface area (Å²) in [5.41, 5.74) is 3.09. The fourth-order valence-electron chi connectivity index (χ4n) is 3.22. The van der Waals surface area contributed by atoms with E-state index >= 15 is 0 Å². The molecule has 4 heteroatoms. The Kier molecular flexibility index (Phi) is 5.26. The third-order valence-electron chi connectivity index (χ3n) is 4.72. The average molecular weight is 325 g/mol. The highest BCUT2D eigenvalue weighted by molar-refractivity contribution is 6.11. The SMILES string of the molecule is Cc1ccccc1/C=C/C=C1\CCC(C(=O)N2CCOCC2)C1=O. The Labute approximate surface area is 142 Å². The zero-order chi connectivity index (χ0) is 16.9. The van der Waals surface area contributed by atoms with Gasteiger partial charge in [-0.25, -0.2) is 0 Å². The molecular weight excluding hydrogens is 302 g/mol. The molecular formula is C20H23NO3. The zero-order valence-corrected chi connectivity index (χ0v) is 14.0. The Morgan fingerprint density at radius 2 is 2.00 bits per heavy atom. The van der Waals surface area contributed by atoms with Gasteiger partial charge in [0.2, 0.25) is 5.91 Å². The van der Waals surface area contributed by atoms with Gasteiger partial charge in [-0.05, 0) is 36.5 Å². The van der Waals surface area contributed by atoms with Crippen molar-refractivity contribution < 1.29 is 14.3 Å². The van der Waals surface area contributed by atoms with Crippen molar-refractivity contribution in [3.63, 3.8) is 0 Å². The van der Waals surface area contributed by atoms with Crippen LogP contribution in [0.2, 0.25) is 0 Å². The summed E-state index contributed by atoms with van der Waals surface area (Å²) in [5.74, 6) is -0.545. The molecule has 3 rings (SSSR count). The molecule has 1 aromatic rings. The van der Waals surface area contributed by atoms with Crippen LogP contribution in [0.1, 0.15) is 24.0 Å². The number of allylic oxidation sites excluding steroid dienone is 3. The van der Waals surface area contributed by atoms with E-state index in [1.807, 2.05) is 36.4 Å². The number of hydrogen-bond acceptors (Lipinski definition) is 3. The van der Waals surface area contributed by atoms with E-state index in [0.29, 0.717) is 39.1 Å². The van der Waals surface area contributed by atoms with Gasteiger partial charge >= 0.3 is 0 Å². The van der Waals surface area contributed by atoms with Crippen LogP contribution in [0.25, 0.3) is 6.08 Å². The second kappa shape index (κ2) is 7.58. The predicted octanol–water partition coefficient (Wildman–Crippen LogP) is 2.77. The Morgan fingerprint density at radius 1 is 1.25 bits per heavy atom. The lowest BCUT2D eigenvalue weighted by atomic mass is 10.0. The first-order valence-corrected chi connectivity index (χ1v) is 8.50. The molecule has 1 aliphatic heterocycles. The van der Waals surface area contributed by atoms with Crippen molar-refractivity contribution in [1.82, 2.24) is 4.90 Å². The average Bonchev–Trinajstić information content (AvgIpc) is 2.97. The van der Waals surface area contributed by atoms with Crippen LogP contribution < -0.4 is 0 Å². The van der Waals surface area contributed by atoms with E-state index in [9.17, 15) is 9.59 Å². The number of carbonyl (C=O) groups excluding carboxylic acids is 2. The molecule has 2 fully saturated rings. The van der Waals surface area contributed by atoms with Crippen LogP contribution in [0.5, 0.6) is 0 Å². The summed E-state index contributed by atoms with van der Waals surface area (Å²) < 4.78 is 5.27. The van der Waals surface area contributed by atoms with Crippen molar-refractivity contribution in [2.45, 2.75) is 19.8 Å². The smallest absolute Gasteiger partial charge is 0.233 e. The van der Waals surface area contributed by atoms with E-state index in [2.05, 4.69) is 13.0 Å². The summed E-state index contributed by atoms with van der Waals surface area (Å²) >= 11 is 0. The van der Waals surface area contributed by atoms with Crippen molar-refractivity contribution in [3.8, 4) is 0 Å². The third kappa shape index (κ3) is 3.65. The number of rotatable bonds is 3. The van der Waals surface area contributed by atoms with E-state index in [-0.39, 0.29) is 11.7 Å². The highest BCUT2D eigenvalue weighted by Crippen LogP contribution is 2.28. The van der Waals surface area contributed by atoms with Crippen LogP contribution in [0.15, 0.2) is 42.0 Å². The summed E-state index contributed by atoms with van der Waals surface area (Å²) in [6.45, 7) is 4.37. The van der Waals surface area contributed by atoms with Gasteiger partial charge in [0.25, 0.3) is 0 Å². The van der Waals surface area contributed by atoms with E-state index in [0.717, 1.165) is 11.1 Å². The Balaban J connectivity index is 1.65. The Morgan fingerprint density at radius 3 is 2.75 bits per heavy atom. The number of carbonyl (C=O) groups is 2. The molecule has 126 valence electrons. The molecule has 0 N–H and O–H groups in total. The lowest BCUT2D eigenvalue weighted by molar-refractivity contribution is -0.142. The van der Waals surface area contributed by atoms with Gasteiger partial charge < -0.3 is 9.64 Å². The maximum atomic E-state index is 12.5. The molecule has 0 bridgehead atoms. The Hall–Kier alpha value is -2.20. The minimum absolute atomic E-state index is 0.0130. The predicted molar refractivity (Wildman–Crippen MR) is 93.4 cm³/mol. The van der Waals surface area contributed by atoms with Gasteiger partial charge in [-0.2, -0.15) is 0 Å². The van der Waals surface area contributed by atoms with Crippen molar-refractivity contribution in [2.24, 2.45) is 5.92 Å². The maximum absolute atomic E-state index is 12.5. The minimum atomic E-state index is -0.499. The van der Waals surface area contributed by atoms with Crippen molar-refractivity contribution in [2.75, 3.05) is 26.3 Å². The second-order valence-corrected chi connectivity index (χ2v) is 6.30. The lowest BCUT2D eigenvalue weighted by Crippen LogP contribution is -2.44. The third-order valence-corrected chi connectivity index (χ3v) is 4.72. The summed E-state index contributed by atoms with van der Waals surface area (Å²) in [7, 11) is 0. The van der Waals surface area contributed by atoms with Gasteiger partial charge in [0.15, 0.2) is 5.78 Å². The van der Waals surface area contributed by atoms with Crippen LogP contribution in [0, 0.1) is 12.8 Å². The molecule has 1 aliphatic carbocycles. The quantitative estimate of drug-likeness (QED) is 0.634. The number of Topliss-reactive ketones (excluding diaryl/α,β-unsaturated/α-hetero) is 1. The van der Waals surface area contributed by atoms with E-state index < -0.39 is 5.92 Å². The molecule has 24 heavy (non-hydrogen) atoms. The van der Waals surface area contributed by atoms with Gasteiger partial charge in [-0.3, -0.25) is 9.59 Å². The van der Waals surface area contributed by atoms with Gasteiger partial charge in [-0.15, -0.1) is 0 Å². The van der Waals surface area contributed by atoms with Crippen LogP contribution in [-0.4, -0.2) is 42.9 Å². The molecule has 4 nitrogen and oxygen atoms in total. The second-order valence-electron chi connectivity index (χ2n) is 6.30. The normalized spacial score (nSPS) is 23.4. The summed E-state index contributed by atoms with van der Waals surface area (Å²) in [4.78, 5) is 26.8. The minimum Gasteiger partial charge on any atom is -0.378 e. The number of nitrogens with zero attached hydrogens (tertiary/aromatic N) is 1. The number of amides is 1. The highest BCUT2D eigenvalue weighted by atomic mass is 16.5. The van der Waals surface area contributed by atoms with Crippen molar-refractivity contribution in [1.29, 1.82) is 0 Å². The van der Waals surface area contributed by atoms with Crippen molar-refractivity contribution >= 4 is 17.8 Å². The van der Waals surface area contributed by atoms with Gasteiger partial charge in [-0.1, -0.05) is 42.5 Å². The summed E-state index contributed by atoms with van der Waals surface area (Å²) in [6.07, 6.45) is 7.09. The number of ether oxygens (including phenoxy) is 1. The summed E-state index contributed by atoms with van der Waals surface area (Å²) in [5, 5.41) is 0. The van der Waals surface area contributed by atoms with Gasteiger partial charge in [0, 0.05) is 13.1 Å². The van der Waals surface area contributed by atoms with E-state index in [1.165, 1.54) is 5.56 Å². The molecule has 0 aromatic heterocycles. The molecule has 1 aromatic carbocycles. The molecule has 1 heterocycles. The van der Waals surface area contributed by atoms with E-state index in [4.69, 9.17) is 4.74 Å². The van der Waals surface area contributed by atoms with Crippen LogP contribution in [0.3, 0.4) is 0 Å². The fourth-order valence-corrected chi connectivity index (χ4v) is 3.22. The molecule has 1 saturated carbocycles. The van der Waals surface area contributed by atoms with Crippen LogP contribution in [-0.2, 0) is 14.3 Å². The highest BCUT2D eigenvalue weighted by Gasteiger charge is 2.37. The number of aryl methyl sites for hydroxylation is 1. The first-order valence-electron chi connectivity index (χ1n) is 8.50. The molecule has 0 spiro atoms. The lowest BCUT2D eigenvalue weighted by Gasteiger charge is -2.28. The van der Waals surface area contributed by atoms with Gasteiger partial charge in [0.1, 0.15) is 5.92 Å². The summed E-state index contributed by atoms with van der Waals surface area (Å²) in [6, 6.07) is 8.11. The Bertz CT molecular complexity index is 684. The number of morpholine rings is 1. The standard InChI is InChI=1S/C20H23NO3/c1-15-5-2-3-6-16(15)7-4-8-17-9-10-18(19(17)22)20(23)21-11-13-24-14-12-21/h2-8,18H,9-14H2,1H3/b7-4+,17-8+. The molecule has 1 saturated heterocycles. The van der Waals surface area contributed by atoms with Crippen LogP contribution in [0.4, 0.5) is 0 Å². The first kappa shape index (κ1) is 16.7. The number of ketones is 1. The van der Waals surface area contributed by atoms with E-state index in [1.54, 1.807) is 4.90 Å². The zero-order valence-electron chi connectivity index (χ0n) is 14.0. The van der Waals surface area contributed by atoms with Crippen molar-refractivity contribution in [3.05, 3.63) is 53.1 Å². The van der Waals surface area contributed by atoms with Gasteiger partial charge in [0.05, 0.1) is 13.2 Å². The molecule has 1 unspecified atom stereocenters. The molecule has 0 radical (unpaired) electrons. The topological polar surface area (TPSA) is 46.6 Å². The molecule has 1 amide bonds. The number of benzene rings is 1. The fraction of sp³-hybridized carbons (Fsp3) is 0.400. The first-order chi connectivity index (χ1) is 11.7.